The summed E-state index contributed by atoms with van der Waals surface area (Å²) in [7, 11) is 0. The molecular weight excluding hydrogens is 409 g/mol. The van der Waals surface area contributed by atoms with Crippen LogP contribution in [0.3, 0.4) is 0 Å². The molecule has 4 rings (SSSR count). The first-order valence-electron chi connectivity index (χ1n) is 10.4. The van der Waals surface area contributed by atoms with E-state index in [0.717, 1.165) is 24.5 Å². The summed E-state index contributed by atoms with van der Waals surface area (Å²) in [6.07, 6.45) is 5.06. The molecule has 0 aliphatic carbocycles. The first kappa shape index (κ1) is 21.3. The predicted octanol–water partition coefficient (Wildman–Crippen LogP) is 3.48. The molecule has 1 aromatic carbocycles. The molecule has 1 amide bonds. The smallest absolute Gasteiger partial charge is 0.254 e. The molecule has 0 unspecified atom stereocenters. The Morgan fingerprint density at radius 1 is 1.25 bits per heavy atom. The third kappa shape index (κ3) is 4.25. The number of aromatic nitrogens is 3. The van der Waals surface area contributed by atoms with E-state index < -0.39 is 11.4 Å². The van der Waals surface area contributed by atoms with Crippen molar-refractivity contribution < 1.29 is 9.18 Å². The Balaban J connectivity index is 1.61. The number of nitrogens with zero attached hydrogens (tertiary/aromatic N) is 5. The molecule has 3 N–H and O–H groups in total. The molecule has 9 heteroatoms. The van der Waals surface area contributed by atoms with Gasteiger partial charge in [0.25, 0.3) is 5.91 Å². The normalized spacial score (nSPS) is 15.2. The minimum absolute atomic E-state index is 0.219. The van der Waals surface area contributed by atoms with Gasteiger partial charge in [0, 0.05) is 30.7 Å². The second kappa shape index (κ2) is 8.67. The van der Waals surface area contributed by atoms with Crippen LogP contribution >= 0.6 is 0 Å². The lowest BCUT2D eigenvalue weighted by Crippen LogP contribution is -2.46. The van der Waals surface area contributed by atoms with Gasteiger partial charge in [-0.15, -0.1) is 0 Å². The minimum Gasteiger partial charge on any atom is -0.370 e. The van der Waals surface area contributed by atoms with Gasteiger partial charge in [-0.25, -0.2) is 4.39 Å². The van der Waals surface area contributed by atoms with E-state index in [1.165, 1.54) is 12.1 Å². The van der Waals surface area contributed by atoms with Gasteiger partial charge in [-0.05, 0) is 56.2 Å². The van der Waals surface area contributed by atoms with Crippen molar-refractivity contribution in [1.82, 2.24) is 14.8 Å². The molecule has 0 radical (unpaired) electrons. The van der Waals surface area contributed by atoms with E-state index >= 15 is 0 Å². The molecule has 8 nitrogen and oxygen atoms in total. The largest absolute Gasteiger partial charge is 0.370 e. The van der Waals surface area contributed by atoms with Crippen molar-refractivity contribution in [3.8, 4) is 6.07 Å². The summed E-state index contributed by atoms with van der Waals surface area (Å²) < 4.78 is 14.9. The fourth-order valence-electron chi connectivity index (χ4n) is 4.02. The minimum atomic E-state index is -0.629. The highest BCUT2D eigenvalue weighted by Gasteiger charge is 2.38. The SMILES string of the molecule is Cc1ccc(N2CCC(CC#N)(n3cc(C(N)=O)c(Nc4ccc(F)cc4)n3)CC2)cn1. The van der Waals surface area contributed by atoms with E-state index in [4.69, 9.17) is 5.73 Å². The maximum Gasteiger partial charge on any atom is 0.254 e. The number of halogens is 1. The van der Waals surface area contributed by atoms with Crippen LogP contribution in [0.25, 0.3) is 0 Å². The van der Waals surface area contributed by atoms with Gasteiger partial charge >= 0.3 is 0 Å². The first-order valence-corrected chi connectivity index (χ1v) is 10.4. The number of nitrogens with one attached hydrogen (secondary N) is 1. The summed E-state index contributed by atoms with van der Waals surface area (Å²) in [5.41, 5.74) is 7.83. The van der Waals surface area contributed by atoms with Crippen LogP contribution in [-0.2, 0) is 5.54 Å². The molecule has 0 atom stereocenters. The molecule has 3 aromatic rings. The number of anilines is 3. The zero-order chi connectivity index (χ0) is 22.7. The zero-order valence-electron chi connectivity index (χ0n) is 17.8. The fraction of sp³-hybridized carbons (Fsp3) is 0.304. The quantitative estimate of drug-likeness (QED) is 0.615. The Bertz CT molecular complexity index is 1140. The third-order valence-corrected chi connectivity index (χ3v) is 5.94. The van der Waals surface area contributed by atoms with Gasteiger partial charge in [0.2, 0.25) is 0 Å². The zero-order valence-corrected chi connectivity index (χ0v) is 17.8. The highest BCUT2D eigenvalue weighted by Crippen LogP contribution is 2.36. The third-order valence-electron chi connectivity index (χ3n) is 5.94. The number of benzene rings is 1. The number of piperidine rings is 1. The number of nitriles is 1. The summed E-state index contributed by atoms with van der Waals surface area (Å²) in [6, 6.07) is 12.0. The summed E-state index contributed by atoms with van der Waals surface area (Å²) in [6.45, 7) is 3.39. The second-order valence-electron chi connectivity index (χ2n) is 8.04. The van der Waals surface area contributed by atoms with Gasteiger partial charge in [-0.3, -0.25) is 14.5 Å². The lowest BCUT2D eigenvalue weighted by molar-refractivity contribution is 0.100. The Kier molecular flexibility index (Phi) is 5.77. The molecule has 0 bridgehead atoms. The molecule has 1 aliphatic heterocycles. The van der Waals surface area contributed by atoms with Crippen molar-refractivity contribution in [3.63, 3.8) is 0 Å². The summed E-state index contributed by atoms with van der Waals surface area (Å²) in [4.78, 5) is 18.7. The van der Waals surface area contributed by atoms with Crippen LogP contribution in [0.2, 0.25) is 0 Å². The number of carbonyl (C=O) groups is 1. The number of primary amides is 1. The molecule has 1 aliphatic rings. The molecular formula is C23H24FN7O. The number of hydrogen-bond donors (Lipinski definition) is 2. The van der Waals surface area contributed by atoms with Gasteiger partial charge in [0.05, 0.1) is 29.9 Å². The highest BCUT2D eigenvalue weighted by atomic mass is 19.1. The van der Waals surface area contributed by atoms with Crippen LogP contribution in [0.5, 0.6) is 0 Å². The number of rotatable bonds is 6. The summed E-state index contributed by atoms with van der Waals surface area (Å²) >= 11 is 0. The molecule has 3 heterocycles. The number of carbonyl (C=O) groups excluding carboxylic acids is 1. The number of hydrogen-bond acceptors (Lipinski definition) is 6. The van der Waals surface area contributed by atoms with Crippen LogP contribution < -0.4 is 16.0 Å². The number of amides is 1. The van der Waals surface area contributed by atoms with E-state index in [9.17, 15) is 14.4 Å². The lowest BCUT2D eigenvalue weighted by atomic mass is 9.84. The number of pyridine rings is 1. The van der Waals surface area contributed by atoms with Crippen LogP contribution in [0, 0.1) is 24.1 Å². The highest BCUT2D eigenvalue weighted by molar-refractivity contribution is 5.98. The fourth-order valence-corrected chi connectivity index (χ4v) is 4.02. The van der Waals surface area contributed by atoms with E-state index in [-0.39, 0.29) is 23.6 Å². The molecule has 0 saturated carbocycles. The molecule has 32 heavy (non-hydrogen) atoms. The predicted molar refractivity (Wildman–Crippen MR) is 119 cm³/mol. The van der Waals surface area contributed by atoms with E-state index in [0.29, 0.717) is 18.5 Å². The monoisotopic (exact) mass is 433 g/mol. The summed E-state index contributed by atoms with van der Waals surface area (Å²) in [5.74, 6) is -0.706. The molecule has 0 spiro atoms. The van der Waals surface area contributed by atoms with Gasteiger partial charge in [-0.1, -0.05) is 0 Å². The van der Waals surface area contributed by atoms with Crippen LogP contribution in [0.15, 0.2) is 48.8 Å². The van der Waals surface area contributed by atoms with Gasteiger partial charge < -0.3 is 16.0 Å². The van der Waals surface area contributed by atoms with Crippen molar-refractivity contribution in [2.45, 2.75) is 31.7 Å². The van der Waals surface area contributed by atoms with E-state index in [1.807, 2.05) is 25.3 Å². The van der Waals surface area contributed by atoms with Crippen LogP contribution in [-0.4, -0.2) is 33.8 Å². The second-order valence-corrected chi connectivity index (χ2v) is 8.04. The maximum absolute atomic E-state index is 13.2. The van der Waals surface area contributed by atoms with E-state index in [1.54, 1.807) is 23.0 Å². The Hall–Kier alpha value is -3.93. The number of aryl methyl sites for hydroxylation is 1. The lowest BCUT2D eigenvalue weighted by Gasteiger charge is -2.41. The standard InChI is InChI=1S/C23H24FN7O/c1-16-2-7-19(14-27-16)30-12-9-23(8-11-25,10-13-30)31-15-20(21(26)32)22(29-31)28-18-5-3-17(24)4-6-18/h2-7,14-15H,8-10,12-13H2,1H3,(H2,26,32)(H,28,29). The average molecular weight is 433 g/mol. The van der Waals surface area contributed by atoms with Crippen molar-refractivity contribution in [2.75, 3.05) is 23.3 Å². The van der Waals surface area contributed by atoms with Gasteiger partial charge in [-0.2, -0.15) is 10.4 Å². The van der Waals surface area contributed by atoms with Gasteiger partial charge in [0.15, 0.2) is 5.82 Å². The van der Waals surface area contributed by atoms with Crippen LogP contribution in [0.4, 0.5) is 21.6 Å². The van der Waals surface area contributed by atoms with Crippen molar-refractivity contribution >= 4 is 23.1 Å². The topological polar surface area (TPSA) is 113 Å². The Morgan fingerprint density at radius 2 is 1.97 bits per heavy atom. The average Bonchev–Trinajstić information content (AvgIpc) is 3.22. The Labute approximate surface area is 185 Å². The molecule has 2 aromatic heterocycles. The van der Waals surface area contributed by atoms with Crippen molar-refractivity contribution in [3.05, 3.63) is 65.9 Å². The van der Waals surface area contributed by atoms with Gasteiger partial charge in [0.1, 0.15) is 11.4 Å². The molecule has 1 saturated heterocycles. The van der Waals surface area contributed by atoms with Crippen molar-refractivity contribution in [2.24, 2.45) is 5.73 Å². The maximum atomic E-state index is 13.2. The summed E-state index contributed by atoms with van der Waals surface area (Å²) in [5, 5.41) is 17.2. The van der Waals surface area contributed by atoms with E-state index in [2.05, 4.69) is 26.4 Å². The van der Waals surface area contributed by atoms with Crippen LogP contribution in [0.1, 0.15) is 35.3 Å². The first-order chi connectivity index (χ1) is 15.4. The van der Waals surface area contributed by atoms with Crippen molar-refractivity contribution in [1.29, 1.82) is 5.26 Å². The Morgan fingerprint density at radius 3 is 2.56 bits per heavy atom. The molecule has 164 valence electrons. The molecule has 1 fully saturated rings. The number of nitrogens with two attached hydrogens (primary N) is 1.